The second-order valence-corrected chi connectivity index (χ2v) is 5.68. The van der Waals surface area contributed by atoms with E-state index in [0.29, 0.717) is 23.3 Å². The van der Waals surface area contributed by atoms with Crippen LogP contribution in [-0.2, 0) is 16.0 Å². The summed E-state index contributed by atoms with van der Waals surface area (Å²) in [5.41, 5.74) is 1.51. The third-order valence-corrected chi connectivity index (χ3v) is 3.88. The second-order valence-electron chi connectivity index (χ2n) is 5.68. The van der Waals surface area contributed by atoms with Gasteiger partial charge in [0.1, 0.15) is 11.3 Å². The monoisotopic (exact) mass is 346 g/mol. The maximum absolute atomic E-state index is 11.9. The van der Waals surface area contributed by atoms with E-state index in [1.165, 1.54) is 6.07 Å². The number of rotatable bonds is 7. The van der Waals surface area contributed by atoms with Crippen LogP contribution in [0.15, 0.2) is 27.4 Å². The average Bonchev–Trinajstić information content (AvgIpc) is 2.56. The predicted octanol–water partition coefficient (Wildman–Crippen LogP) is 0.687. The van der Waals surface area contributed by atoms with Crippen molar-refractivity contribution in [2.75, 3.05) is 6.54 Å². The van der Waals surface area contributed by atoms with Gasteiger partial charge in [0.2, 0.25) is 0 Å². The zero-order valence-electron chi connectivity index (χ0n) is 14.4. The highest BCUT2D eigenvalue weighted by Crippen LogP contribution is 2.29. The number of carbonyl (C=O) groups is 2. The molecule has 1 heterocycles. The number of fused-ring (bicyclic) bond motifs is 1. The third kappa shape index (κ3) is 4.37. The molecule has 1 atom stereocenters. The van der Waals surface area contributed by atoms with E-state index in [0.717, 1.165) is 10.9 Å². The van der Waals surface area contributed by atoms with Crippen molar-refractivity contribution in [1.29, 1.82) is 0 Å². The minimum Gasteiger partial charge on any atom is -0.550 e. The zero-order chi connectivity index (χ0) is 18.6. The molecule has 0 aliphatic rings. The Morgan fingerprint density at radius 2 is 2.08 bits per heavy atom. The summed E-state index contributed by atoms with van der Waals surface area (Å²) >= 11 is 0. The van der Waals surface area contributed by atoms with Gasteiger partial charge in [0.15, 0.2) is 6.10 Å². The van der Waals surface area contributed by atoms with E-state index in [-0.39, 0.29) is 13.0 Å². The predicted molar refractivity (Wildman–Crippen MR) is 89.3 cm³/mol. The first-order valence-corrected chi connectivity index (χ1v) is 8.04. The van der Waals surface area contributed by atoms with Crippen LogP contribution in [-0.4, -0.2) is 24.5 Å². The average molecular weight is 346 g/mol. The summed E-state index contributed by atoms with van der Waals surface area (Å²) in [5.74, 6) is -1.25. The van der Waals surface area contributed by atoms with Crippen molar-refractivity contribution >= 4 is 22.8 Å². The van der Waals surface area contributed by atoms with Gasteiger partial charge in [-0.1, -0.05) is 6.92 Å². The summed E-state index contributed by atoms with van der Waals surface area (Å²) < 4.78 is 10.9. The molecule has 1 N–H and O–H groups in total. The van der Waals surface area contributed by atoms with Crippen LogP contribution in [0.5, 0.6) is 5.75 Å². The van der Waals surface area contributed by atoms with Gasteiger partial charge in [-0.15, -0.1) is 0 Å². The van der Waals surface area contributed by atoms with Crippen molar-refractivity contribution < 1.29 is 23.8 Å². The number of aryl methyl sites for hydroxylation is 2. The Labute approximate surface area is 144 Å². The molecule has 0 spiro atoms. The highest BCUT2D eigenvalue weighted by molar-refractivity contribution is 5.85. The molecule has 1 aromatic carbocycles. The number of carbonyl (C=O) groups excluding carboxylic acids is 2. The molecular weight excluding hydrogens is 326 g/mol. The summed E-state index contributed by atoms with van der Waals surface area (Å²) in [5, 5.41) is 13.7. The van der Waals surface area contributed by atoms with Crippen LogP contribution in [0.2, 0.25) is 0 Å². The summed E-state index contributed by atoms with van der Waals surface area (Å²) in [4.78, 5) is 34.0. The normalized spacial score (nSPS) is 12.0. The van der Waals surface area contributed by atoms with Crippen LogP contribution >= 0.6 is 0 Å². The van der Waals surface area contributed by atoms with Crippen LogP contribution in [0.4, 0.5) is 0 Å². The molecule has 0 bridgehead atoms. The van der Waals surface area contributed by atoms with E-state index >= 15 is 0 Å². The van der Waals surface area contributed by atoms with Gasteiger partial charge in [-0.3, -0.25) is 4.79 Å². The Balaban J connectivity index is 2.21. The lowest BCUT2D eigenvalue weighted by molar-refractivity contribution is -0.305. The smallest absolute Gasteiger partial charge is 0.336 e. The maximum Gasteiger partial charge on any atom is 0.336 e. The van der Waals surface area contributed by atoms with Crippen LogP contribution in [0.3, 0.4) is 0 Å². The number of nitrogens with one attached hydrogen (secondary N) is 1. The molecule has 0 radical (unpaired) electrons. The van der Waals surface area contributed by atoms with Crippen molar-refractivity contribution in [2.24, 2.45) is 0 Å². The first-order chi connectivity index (χ1) is 11.8. The Morgan fingerprint density at radius 3 is 2.72 bits per heavy atom. The molecule has 134 valence electrons. The number of carboxylic acid groups (broad SMARTS) is 1. The molecule has 1 aromatic heterocycles. The summed E-state index contributed by atoms with van der Waals surface area (Å²) in [6.45, 7) is 5.23. The first kappa shape index (κ1) is 18.5. The van der Waals surface area contributed by atoms with E-state index in [4.69, 9.17) is 9.15 Å². The zero-order valence-corrected chi connectivity index (χ0v) is 14.4. The molecule has 2 rings (SSSR count). The van der Waals surface area contributed by atoms with Gasteiger partial charge in [-0.2, -0.15) is 0 Å². The van der Waals surface area contributed by atoms with Crippen LogP contribution in [0.25, 0.3) is 11.0 Å². The van der Waals surface area contributed by atoms with Crippen molar-refractivity contribution in [3.05, 3.63) is 39.7 Å². The van der Waals surface area contributed by atoms with Crippen molar-refractivity contribution in [3.63, 3.8) is 0 Å². The van der Waals surface area contributed by atoms with Crippen molar-refractivity contribution in [3.8, 4) is 5.75 Å². The number of amides is 1. The lowest BCUT2D eigenvalue weighted by Crippen LogP contribution is -2.38. The Kier molecular flexibility index (Phi) is 5.80. The van der Waals surface area contributed by atoms with Crippen LogP contribution in [0.1, 0.15) is 31.4 Å². The summed E-state index contributed by atoms with van der Waals surface area (Å²) in [6, 6.07) is 4.98. The number of carboxylic acids is 1. The fourth-order valence-corrected chi connectivity index (χ4v) is 2.50. The lowest BCUT2D eigenvalue weighted by atomic mass is 10.0. The minimum absolute atomic E-state index is 0.0275. The number of hydrogen-bond donors (Lipinski definition) is 1. The minimum atomic E-state index is -1.24. The lowest BCUT2D eigenvalue weighted by Gasteiger charge is -2.17. The molecule has 0 unspecified atom stereocenters. The van der Waals surface area contributed by atoms with Gasteiger partial charge < -0.3 is 24.4 Å². The molecule has 0 fully saturated rings. The molecule has 0 aliphatic carbocycles. The SMILES string of the molecule is CCc1cc(=O)oc2c(C)c(O[C@H](C)C(=O)NCCC(=O)[O-])ccc12. The molecular formula is C18H20NO6-. The van der Waals surface area contributed by atoms with Gasteiger partial charge >= 0.3 is 5.63 Å². The van der Waals surface area contributed by atoms with E-state index < -0.39 is 23.6 Å². The molecule has 1 amide bonds. The molecule has 2 aromatic rings. The van der Waals surface area contributed by atoms with Crippen molar-refractivity contribution in [2.45, 2.75) is 39.7 Å². The third-order valence-electron chi connectivity index (χ3n) is 3.88. The van der Waals surface area contributed by atoms with Crippen LogP contribution < -0.4 is 20.8 Å². The Bertz CT molecular complexity index is 855. The van der Waals surface area contributed by atoms with Gasteiger partial charge in [-0.25, -0.2) is 4.79 Å². The van der Waals surface area contributed by atoms with Gasteiger partial charge in [0, 0.05) is 36.0 Å². The Morgan fingerprint density at radius 1 is 1.36 bits per heavy atom. The molecule has 0 saturated carbocycles. The highest BCUT2D eigenvalue weighted by Gasteiger charge is 2.17. The van der Waals surface area contributed by atoms with Crippen molar-refractivity contribution in [1.82, 2.24) is 5.32 Å². The molecule has 7 heteroatoms. The standard InChI is InChI=1S/C18H21NO6/c1-4-12-9-16(22)25-17-10(2)14(6-5-13(12)17)24-11(3)18(23)19-8-7-15(20)21/h5-6,9,11H,4,7-8H2,1-3H3,(H,19,23)(H,20,21)/p-1/t11-/m1/s1. The topological polar surface area (TPSA) is 109 Å². The summed E-state index contributed by atoms with van der Waals surface area (Å²) in [7, 11) is 0. The largest absolute Gasteiger partial charge is 0.550 e. The molecule has 25 heavy (non-hydrogen) atoms. The van der Waals surface area contributed by atoms with Gasteiger partial charge in [0.25, 0.3) is 5.91 Å². The van der Waals surface area contributed by atoms with Crippen LogP contribution in [0, 0.1) is 6.92 Å². The number of hydrogen-bond acceptors (Lipinski definition) is 6. The van der Waals surface area contributed by atoms with E-state index in [1.807, 2.05) is 6.92 Å². The first-order valence-electron chi connectivity index (χ1n) is 8.04. The quantitative estimate of drug-likeness (QED) is 0.739. The fraction of sp³-hybridized carbons (Fsp3) is 0.389. The summed E-state index contributed by atoms with van der Waals surface area (Å²) in [6.07, 6.45) is -0.406. The number of benzene rings is 1. The van der Waals surface area contributed by atoms with E-state index in [2.05, 4.69) is 5.32 Å². The Hall–Kier alpha value is -2.83. The molecule has 7 nitrogen and oxygen atoms in total. The molecule has 0 saturated heterocycles. The van der Waals surface area contributed by atoms with Gasteiger partial charge in [-0.05, 0) is 38.0 Å². The number of aliphatic carboxylic acids is 1. The highest BCUT2D eigenvalue weighted by atomic mass is 16.5. The molecule has 0 aliphatic heterocycles. The maximum atomic E-state index is 11.9. The number of ether oxygens (including phenoxy) is 1. The fourth-order valence-electron chi connectivity index (χ4n) is 2.50. The van der Waals surface area contributed by atoms with E-state index in [1.54, 1.807) is 26.0 Å². The van der Waals surface area contributed by atoms with Gasteiger partial charge in [0.05, 0.1) is 0 Å². The van der Waals surface area contributed by atoms with E-state index in [9.17, 15) is 19.5 Å². The second kappa shape index (κ2) is 7.83.